The molecule has 0 aliphatic carbocycles. The molecule has 0 bridgehead atoms. The molecule has 1 N–H and O–H groups in total. The highest BCUT2D eigenvalue weighted by molar-refractivity contribution is 6.01. The summed E-state index contributed by atoms with van der Waals surface area (Å²) < 4.78 is 11.2. The van der Waals surface area contributed by atoms with E-state index in [2.05, 4.69) is 0 Å². The van der Waals surface area contributed by atoms with Crippen LogP contribution in [0.5, 0.6) is 11.5 Å². The summed E-state index contributed by atoms with van der Waals surface area (Å²) >= 11 is 0. The maximum absolute atomic E-state index is 12.6. The van der Waals surface area contributed by atoms with E-state index in [1.54, 1.807) is 18.2 Å². The zero-order chi connectivity index (χ0) is 20.8. The van der Waals surface area contributed by atoms with Crippen LogP contribution in [0.15, 0.2) is 75.9 Å². The van der Waals surface area contributed by atoms with Gasteiger partial charge in [0, 0.05) is 23.1 Å². The highest BCUT2D eigenvalue weighted by Crippen LogP contribution is 2.47. The Kier molecular flexibility index (Phi) is 4.17. The van der Waals surface area contributed by atoms with E-state index in [0.29, 0.717) is 22.3 Å². The van der Waals surface area contributed by atoms with Crippen LogP contribution in [0.1, 0.15) is 29.0 Å². The fraction of sp³-hybridized carbons (Fsp3) is 0.120. The van der Waals surface area contributed by atoms with Crippen LogP contribution in [-0.2, 0) is 4.79 Å². The van der Waals surface area contributed by atoms with Crippen molar-refractivity contribution < 1.29 is 19.1 Å². The summed E-state index contributed by atoms with van der Waals surface area (Å²) in [6.07, 6.45) is 0.167. The molecule has 3 aromatic carbocycles. The molecular weight excluding hydrogens is 380 g/mol. The first kappa shape index (κ1) is 18.2. The van der Waals surface area contributed by atoms with Crippen LogP contribution < -0.4 is 10.4 Å². The number of ether oxygens (including phenoxy) is 1. The Labute approximate surface area is 172 Å². The highest BCUT2D eigenvalue weighted by Gasteiger charge is 2.33. The van der Waals surface area contributed by atoms with Crippen LogP contribution in [0.25, 0.3) is 22.1 Å². The average Bonchev–Trinajstić information content (AvgIpc) is 2.73. The van der Waals surface area contributed by atoms with E-state index in [1.807, 2.05) is 49.4 Å². The van der Waals surface area contributed by atoms with Gasteiger partial charge in [0.2, 0.25) is 0 Å². The van der Waals surface area contributed by atoms with Crippen molar-refractivity contribution in [3.8, 4) is 22.6 Å². The molecule has 0 saturated carbocycles. The lowest BCUT2D eigenvalue weighted by Crippen LogP contribution is -2.22. The van der Waals surface area contributed by atoms with Gasteiger partial charge in [-0.15, -0.1) is 0 Å². The number of esters is 1. The average molecular weight is 398 g/mol. The summed E-state index contributed by atoms with van der Waals surface area (Å²) in [4.78, 5) is 24.8. The minimum Gasteiger partial charge on any atom is -0.508 e. The van der Waals surface area contributed by atoms with Crippen molar-refractivity contribution in [3.05, 3.63) is 93.8 Å². The molecule has 5 rings (SSSR count). The Bertz CT molecular complexity index is 1350. The molecule has 2 heterocycles. The van der Waals surface area contributed by atoms with Crippen molar-refractivity contribution in [2.45, 2.75) is 19.3 Å². The van der Waals surface area contributed by atoms with Crippen molar-refractivity contribution in [1.29, 1.82) is 0 Å². The van der Waals surface area contributed by atoms with E-state index in [1.165, 1.54) is 6.07 Å². The minimum absolute atomic E-state index is 0.141. The summed E-state index contributed by atoms with van der Waals surface area (Å²) in [5, 5.41) is 10.6. The van der Waals surface area contributed by atoms with E-state index in [9.17, 15) is 14.7 Å². The van der Waals surface area contributed by atoms with Gasteiger partial charge in [0.05, 0.1) is 11.8 Å². The van der Waals surface area contributed by atoms with E-state index in [-0.39, 0.29) is 24.1 Å². The first-order chi connectivity index (χ1) is 14.5. The molecule has 1 atom stereocenters. The monoisotopic (exact) mass is 398 g/mol. The summed E-state index contributed by atoms with van der Waals surface area (Å²) in [6, 6.07) is 19.6. The smallest absolute Gasteiger partial charge is 0.336 e. The Hall–Kier alpha value is -3.86. The second-order valence-corrected chi connectivity index (χ2v) is 7.48. The lowest BCUT2D eigenvalue weighted by atomic mass is 9.82. The number of fused-ring (bicyclic) bond motifs is 3. The molecule has 0 unspecified atom stereocenters. The zero-order valence-electron chi connectivity index (χ0n) is 16.2. The van der Waals surface area contributed by atoms with E-state index in [4.69, 9.17) is 9.15 Å². The van der Waals surface area contributed by atoms with Gasteiger partial charge in [0.1, 0.15) is 17.1 Å². The lowest BCUT2D eigenvalue weighted by molar-refractivity contribution is -0.135. The fourth-order valence-corrected chi connectivity index (χ4v) is 4.27. The standard InChI is InChI=1S/C25H18O5/c1-14-10-20-24(18(12-21(27)29-20)15-6-3-2-4-7-15)25-23(14)19(13-22(28)30-25)16-8-5-9-17(26)11-16/h2-12,19,26H,13H2,1H3/t19-/m1/s1. The predicted octanol–water partition coefficient (Wildman–Crippen LogP) is 4.92. The number of hydrogen-bond donors (Lipinski definition) is 1. The molecule has 30 heavy (non-hydrogen) atoms. The molecule has 0 fully saturated rings. The topological polar surface area (TPSA) is 76.7 Å². The first-order valence-electron chi connectivity index (χ1n) is 9.67. The summed E-state index contributed by atoms with van der Waals surface area (Å²) in [5.74, 6) is -0.0825. The fourth-order valence-electron chi connectivity index (χ4n) is 4.27. The van der Waals surface area contributed by atoms with Gasteiger partial charge < -0.3 is 14.3 Å². The van der Waals surface area contributed by atoms with Gasteiger partial charge in [-0.1, -0.05) is 42.5 Å². The normalized spacial score (nSPS) is 15.6. The first-order valence-corrected chi connectivity index (χ1v) is 9.67. The van der Waals surface area contributed by atoms with Crippen LogP contribution in [-0.4, -0.2) is 11.1 Å². The number of hydrogen-bond acceptors (Lipinski definition) is 5. The third kappa shape index (κ3) is 2.95. The molecule has 0 amide bonds. The Morgan fingerprint density at radius 2 is 1.77 bits per heavy atom. The molecule has 5 nitrogen and oxygen atoms in total. The van der Waals surface area contributed by atoms with E-state index >= 15 is 0 Å². The van der Waals surface area contributed by atoms with Crippen molar-refractivity contribution in [1.82, 2.24) is 0 Å². The second kappa shape index (κ2) is 6.88. The van der Waals surface area contributed by atoms with E-state index in [0.717, 1.165) is 22.3 Å². The lowest BCUT2D eigenvalue weighted by Gasteiger charge is -2.28. The zero-order valence-corrected chi connectivity index (χ0v) is 16.2. The van der Waals surface area contributed by atoms with Crippen LogP contribution in [0.4, 0.5) is 0 Å². The molecule has 1 aliphatic rings. The molecule has 0 spiro atoms. The predicted molar refractivity (Wildman–Crippen MR) is 113 cm³/mol. The Balaban J connectivity index is 1.86. The van der Waals surface area contributed by atoms with Crippen molar-refractivity contribution in [2.75, 3.05) is 0 Å². The molecule has 4 aromatic rings. The van der Waals surface area contributed by atoms with Crippen LogP contribution in [0, 0.1) is 6.92 Å². The van der Waals surface area contributed by atoms with Gasteiger partial charge in [-0.05, 0) is 41.8 Å². The van der Waals surface area contributed by atoms with Crippen LogP contribution in [0.3, 0.4) is 0 Å². The summed E-state index contributed by atoms with van der Waals surface area (Å²) in [7, 11) is 0. The van der Waals surface area contributed by atoms with E-state index < -0.39 is 5.63 Å². The van der Waals surface area contributed by atoms with Gasteiger partial charge >= 0.3 is 11.6 Å². The number of aryl methyl sites for hydroxylation is 1. The van der Waals surface area contributed by atoms with Gasteiger partial charge in [0.15, 0.2) is 0 Å². The maximum atomic E-state index is 12.6. The number of phenols is 1. The SMILES string of the molecule is Cc1cc2oc(=O)cc(-c3ccccc3)c2c2c1[C@@H](c1cccc(O)c1)CC(=O)O2. The number of carbonyl (C=O) groups is 1. The second-order valence-electron chi connectivity index (χ2n) is 7.48. The number of carbonyl (C=O) groups excluding carboxylic acids is 1. The van der Waals surface area contributed by atoms with Crippen molar-refractivity contribution >= 4 is 16.9 Å². The largest absolute Gasteiger partial charge is 0.508 e. The van der Waals surface area contributed by atoms with Gasteiger partial charge in [-0.3, -0.25) is 4.79 Å². The Morgan fingerprint density at radius 3 is 2.53 bits per heavy atom. The van der Waals surface area contributed by atoms with Crippen molar-refractivity contribution in [3.63, 3.8) is 0 Å². The third-order valence-corrected chi connectivity index (χ3v) is 5.53. The number of phenolic OH excluding ortho intramolecular Hbond substituents is 1. The molecule has 1 aliphatic heterocycles. The van der Waals surface area contributed by atoms with Crippen LogP contribution in [0.2, 0.25) is 0 Å². The molecule has 1 aromatic heterocycles. The summed E-state index contributed by atoms with van der Waals surface area (Å²) in [5.41, 5.74) is 3.94. The van der Waals surface area contributed by atoms with Crippen LogP contribution >= 0.6 is 0 Å². The third-order valence-electron chi connectivity index (χ3n) is 5.53. The molecule has 148 valence electrons. The minimum atomic E-state index is -0.465. The number of benzene rings is 3. The van der Waals surface area contributed by atoms with Gasteiger partial charge in [-0.25, -0.2) is 4.79 Å². The molecular formula is C25H18O5. The molecule has 5 heteroatoms. The quantitative estimate of drug-likeness (QED) is 0.295. The maximum Gasteiger partial charge on any atom is 0.336 e. The highest BCUT2D eigenvalue weighted by atomic mass is 16.5. The summed E-state index contributed by atoms with van der Waals surface area (Å²) in [6.45, 7) is 1.91. The van der Waals surface area contributed by atoms with Gasteiger partial charge in [0.25, 0.3) is 0 Å². The molecule has 0 radical (unpaired) electrons. The Morgan fingerprint density at radius 1 is 0.967 bits per heavy atom. The number of rotatable bonds is 2. The van der Waals surface area contributed by atoms with Crippen molar-refractivity contribution in [2.24, 2.45) is 0 Å². The van der Waals surface area contributed by atoms with Gasteiger partial charge in [-0.2, -0.15) is 0 Å². The number of aromatic hydroxyl groups is 1. The molecule has 0 saturated heterocycles.